The van der Waals surface area contributed by atoms with E-state index in [9.17, 15) is 4.39 Å². The molecule has 3 rings (SSSR count). The summed E-state index contributed by atoms with van der Waals surface area (Å²) in [6.07, 6.45) is 1.44. The van der Waals surface area contributed by atoms with Gasteiger partial charge in [0.25, 0.3) is 0 Å². The van der Waals surface area contributed by atoms with Gasteiger partial charge < -0.3 is 9.64 Å². The fraction of sp³-hybridized carbons (Fsp3) is 0.176. The predicted molar refractivity (Wildman–Crippen MR) is 89.7 cm³/mol. The van der Waals surface area contributed by atoms with Crippen molar-refractivity contribution in [3.05, 3.63) is 59.6 Å². The Kier molecular flexibility index (Phi) is 4.57. The van der Waals surface area contributed by atoms with Crippen LogP contribution >= 0.6 is 11.6 Å². The molecule has 2 aromatic carbocycles. The Morgan fingerprint density at radius 1 is 1.17 bits per heavy atom. The number of benzene rings is 2. The maximum Gasteiger partial charge on any atom is 0.142 e. The fourth-order valence-electron chi connectivity index (χ4n) is 2.30. The van der Waals surface area contributed by atoms with Crippen LogP contribution in [0.15, 0.2) is 48.8 Å². The Bertz CT molecular complexity index is 823. The van der Waals surface area contributed by atoms with Gasteiger partial charge in [-0.05, 0) is 30.3 Å². The molecule has 0 fully saturated rings. The van der Waals surface area contributed by atoms with Gasteiger partial charge in [0, 0.05) is 12.1 Å². The van der Waals surface area contributed by atoms with Gasteiger partial charge in [-0.1, -0.05) is 23.7 Å². The zero-order chi connectivity index (χ0) is 16.2. The van der Waals surface area contributed by atoms with E-state index in [0.717, 1.165) is 0 Å². The summed E-state index contributed by atoms with van der Waals surface area (Å²) in [4.78, 5) is 10.1. The molecule has 0 saturated carbocycles. The summed E-state index contributed by atoms with van der Waals surface area (Å²) in [7, 11) is 1.84. The number of ether oxygens (including phenoxy) is 1. The third kappa shape index (κ3) is 3.51. The van der Waals surface area contributed by atoms with Crippen LogP contribution in [-0.2, 0) is 0 Å². The quantitative estimate of drug-likeness (QED) is 0.710. The highest BCUT2D eigenvalue weighted by Crippen LogP contribution is 2.24. The smallest absolute Gasteiger partial charge is 0.142 e. The van der Waals surface area contributed by atoms with Crippen LogP contribution in [0.3, 0.4) is 0 Å². The van der Waals surface area contributed by atoms with Crippen molar-refractivity contribution in [2.45, 2.75) is 0 Å². The molecule has 0 amide bonds. The molecule has 118 valence electrons. The van der Waals surface area contributed by atoms with E-state index in [-0.39, 0.29) is 5.82 Å². The van der Waals surface area contributed by atoms with E-state index < -0.39 is 0 Å². The van der Waals surface area contributed by atoms with Crippen LogP contribution in [0.4, 0.5) is 10.2 Å². The first kappa shape index (κ1) is 15.5. The standard InChI is InChI=1S/C17H15ClFN3O/c1-22(8-9-23-13-5-2-4-12(18)10-13)17-16-14(19)6-3-7-15(16)20-11-21-17/h2-7,10-11H,8-9H2,1H3. The van der Waals surface area contributed by atoms with Gasteiger partial charge in [-0.3, -0.25) is 0 Å². The summed E-state index contributed by atoms with van der Waals surface area (Å²) in [6, 6.07) is 12.0. The highest BCUT2D eigenvalue weighted by molar-refractivity contribution is 6.30. The van der Waals surface area contributed by atoms with E-state index in [4.69, 9.17) is 16.3 Å². The van der Waals surface area contributed by atoms with E-state index in [1.165, 1.54) is 12.4 Å². The molecule has 0 unspecified atom stereocenters. The lowest BCUT2D eigenvalue weighted by Crippen LogP contribution is -2.25. The van der Waals surface area contributed by atoms with Gasteiger partial charge in [-0.15, -0.1) is 0 Å². The highest BCUT2D eigenvalue weighted by atomic mass is 35.5. The van der Waals surface area contributed by atoms with Crippen molar-refractivity contribution in [3.63, 3.8) is 0 Å². The minimum absolute atomic E-state index is 0.333. The average molecular weight is 332 g/mol. The summed E-state index contributed by atoms with van der Waals surface area (Å²) in [5.41, 5.74) is 0.581. The molecular weight excluding hydrogens is 317 g/mol. The van der Waals surface area contributed by atoms with Crippen LogP contribution in [0.25, 0.3) is 10.9 Å². The van der Waals surface area contributed by atoms with Crippen molar-refractivity contribution in [2.75, 3.05) is 25.1 Å². The molecule has 1 aromatic heterocycles. The third-order valence-electron chi connectivity index (χ3n) is 3.45. The van der Waals surface area contributed by atoms with Gasteiger partial charge in [-0.2, -0.15) is 0 Å². The van der Waals surface area contributed by atoms with Crippen LogP contribution in [0.1, 0.15) is 0 Å². The van der Waals surface area contributed by atoms with Gasteiger partial charge in [0.15, 0.2) is 0 Å². The van der Waals surface area contributed by atoms with Crippen molar-refractivity contribution < 1.29 is 9.13 Å². The molecule has 0 atom stereocenters. The van der Waals surface area contributed by atoms with Crippen molar-refractivity contribution in [1.82, 2.24) is 9.97 Å². The summed E-state index contributed by atoms with van der Waals surface area (Å²) in [5.74, 6) is 0.910. The summed E-state index contributed by atoms with van der Waals surface area (Å²) >= 11 is 5.92. The van der Waals surface area contributed by atoms with Crippen molar-refractivity contribution in [2.24, 2.45) is 0 Å². The maximum atomic E-state index is 14.1. The van der Waals surface area contributed by atoms with E-state index >= 15 is 0 Å². The molecule has 1 heterocycles. The van der Waals surface area contributed by atoms with Gasteiger partial charge in [-0.25, -0.2) is 14.4 Å². The molecule has 0 spiro atoms. The predicted octanol–water partition coefficient (Wildman–Crippen LogP) is 3.94. The molecule has 4 nitrogen and oxygen atoms in total. The molecule has 0 N–H and O–H groups in total. The SMILES string of the molecule is CN(CCOc1cccc(Cl)c1)c1ncnc2cccc(F)c12. The zero-order valence-corrected chi connectivity index (χ0v) is 13.3. The Morgan fingerprint density at radius 2 is 2.00 bits per heavy atom. The van der Waals surface area contributed by atoms with Gasteiger partial charge >= 0.3 is 0 Å². The second-order valence-electron chi connectivity index (χ2n) is 5.06. The maximum absolute atomic E-state index is 14.1. The topological polar surface area (TPSA) is 38.2 Å². The Labute approximate surface area is 138 Å². The second-order valence-corrected chi connectivity index (χ2v) is 5.50. The minimum Gasteiger partial charge on any atom is -0.492 e. The van der Waals surface area contributed by atoms with E-state index in [2.05, 4.69) is 9.97 Å². The van der Waals surface area contributed by atoms with Crippen molar-refractivity contribution in [3.8, 4) is 5.75 Å². The number of nitrogens with zero attached hydrogens (tertiary/aromatic N) is 3. The second kappa shape index (κ2) is 6.79. The van der Waals surface area contributed by atoms with Crippen LogP contribution < -0.4 is 9.64 Å². The molecule has 0 bridgehead atoms. The van der Waals surface area contributed by atoms with Gasteiger partial charge in [0.1, 0.15) is 30.3 Å². The average Bonchev–Trinajstić information content (AvgIpc) is 2.54. The van der Waals surface area contributed by atoms with Crippen molar-refractivity contribution in [1.29, 1.82) is 0 Å². The first-order chi connectivity index (χ1) is 11.1. The number of halogens is 2. The van der Waals surface area contributed by atoms with E-state index in [1.54, 1.807) is 24.3 Å². The first-order valence-electron chi connectivity index (χ1n) is 7.14. The number of anilines is 1. The number of hydrogen-bond donors (Lipinski definition) is 0. The summed E-state index contributed by atoms with van der Waals surface area (Å²) in [6.45, 7) is 0.976. The number of rotatable bonds is 5. The number of likely N-dealkylation sites (N-methyl/N-ethyl adjacent to an activating group) is 1. The lowest BCUT2D eigenvalue weighted by Gasteiger charge is -2.20. The summed E-state index contributed by atoms with van der Waals surface area (Å²) in [5, 5.41) is 1.04. The van der Waals surface area contributed by atoms with Crippen LogP contribution in [0, 0.1) is 5.82 Å². The van der Waals surface area contributed by atoms with Crippen LogP contribution in [0.5, 0.6) is 5.75 Å². The van der Waals surface area contributed by atoms with E-state index in [0.29, 0.717) is 40.6 Å². The number of hydrogen-bond acceptors (Lipinski definition) is 4. The summed E-state index contributed by atoms with van der Waals surface area (Å²) < 4.78 is 19.7. The molecule has 23 heavy (non-hydrogen) atoms. The molecular formula is C17H15ClFN3O. The lowest BCUT2D eigenvalue weighted by molar-refractivity contribution is 0.326. The van der Waals surface area contributed by atoms with Crippen molar-refractivity contribution >= 4 is 28.3 Å². The number of aromatic nitrogens is 2. The minimum atomic E-state index is -0.333. The van der Waals surface area contributed by atoms with E-state index in [1.807, 2.05) is 24.1 Å². The fourth-order valence-corrected chi connectivity index (χ4v) is 2.48. The Morgan fingerprint density at radius 3 is 2.83 bits per heavy atom. The molecule has 0 aliphatic carbocycles. The number of fused-ring (bicyclic) bond motifs is 1. The molecule has 0 aliphatic heterocycles. The molecule has 0 aliphatic rings. The normalized spacial score (nSPS) is 10.7. The van der Waals surface area contributed by atoms with Gasteiger partial charge in [0.2, 0.25) is 0 Å². The third-order valence-corrected chi connectivity index (χ3v) is 3.68. The van der Waals surface area contributed by atoms with Crippen LogP contribution in [-0.4, -0.2) is 30.2 Å². The largest absolute Gasteiger partial charge is 0.492 e. The monoisotopic (exact) mass is 331 g/mol. The molecule has 3 aromatic rings. The van der Waals surface area contributed by atoms with Gasteiger partial charge in [0.05, 0.1) is 17.4 Å². The molecule has 6 heteroatoms. The Hall–Kier alpha value is -2.40. The Balaban J connectivity index is 1.72. The highest BCUT2D eigenvalue weighted by Gasteiger charge is 2.12. The zero-order valence-electron chi connectivity index (χ0n) is 12.5. The molecule has 0 radical (unpaired) electrons. The van der Waals surface area contributed by atoms with Crippen LogP contribution in [0.2, 0.25) is 5.02 Å². The molecule has 0 saturated heterocycles. The lowest BCUT2D eigenvalue weighted by atomic mass is 10.2. The first-order valence-corrected chi connectivity index (χ1v) is 7.51.